The first-order chi connectivity index (χ1) is 11.2. The van der Waals surface area contributed by atoms with Crippen LogP contribution in [0.3, 0.4) is 0 Å². The van der Waals surface area contributed by atoms with E-state index in [0.717, 1.165) is 10.8 Å². The van der Waals surface area contributed by atoms with Crippen molar-refractivity contribution >= 4 is 28.3 Å². The lowest BCUT2D eigenvalue weighted by molar-refractivity contribution is -0.115. The number of hydrogen-bond acceptors (Lipinski definition) is 2. The first-order valence-corrected chi connectivity index (χ1v) is 7.34. The van der Waals surface area contributed by atoms with E-state index in [1.165, 1.54) is 0 Å². The molecule has 0 aliphatic rings. The fourth-order valence-electron chi connectivity index (χ4n) is 2.32. The molecule has 3 aromatic rings. The van der Waals surface area contributed by atoms with Gasteiger partial charge in [0.15, 0.2) is 0 Å². The van der Waals surface area contributed by atoms with Crippen LogP contribution in [0.1, 0.15) is 10.4 Å². The molecule has 0 aliphatic heterocycles. The molecule has 0 atom stereocenters. The van der Waals surface area contributed by atoms with Gasteiger partial charge < -0.3 is 10.6 Å². The molecule has 0 radical (unpaired) electrons. The number of carbonyl (C=O) groups excluding carboxylic acids is 2. The lowest BCUT2D eigenvalue weighted by Crippen LogP contribution is -2.32. The molecule has 114 valence electrons. The second kappa shape index (κ2) is 6.75. The van der Waals surface area contributed by atoms with E-state index in [-0.39, 0.29) is 18.4 Å². The minimum Gasteiger partial charge on any atom is -0.343 e. The van der Waals surface area contributed by atoms with Crippen molar-refractivity contribution in [2.45, 2.75) is 0 Å². The van der Waals surface area contributed by atoms with Gasteiger partial charge >= 0.3 is 0 Å². The summed E-state index contributed by atoms with van der Waals surface area (Å²) in [5.74, 6) is -0.524. The number of rotatable bonds is 4. The summed E-state index contributed by atoms with van der Waals surface area (Å²) >= 11 is 0. The molecule has 3 aromatic carbocycles. The Balaban J connectivity index is 1.59. The molecule has 0 spiro atoms. The molecular weight excluding hydrogens is 288 g/mol. The van der Waals surface area contributed by atoms with Gasteiger partial charge in [-0.1, -0.05) is 48.5 Å². The van der Waals surface area contributed by atoms with Crippen molar-refractivity contribution in [3.05, 3.63) is 78.4 Å². The maximum Gasteiger partial charge on any atom is 0.251 e. The van der Waals surface area contributed by atoms with Crippen molar-refractivity contribution in [2.24, 2.45) is 0 Å². The molecule has 3 rings (SSSR count). The summed E-state index contributed by atoms with van der Waals surface area (Å²) in [6, 6.07) is 22.4. The molecule has 2 amide bonds. The number of carbonyl (C=O) groups is 2. The minimum atomic E-state index is -0.265. The number of fused-ring (bicyclic) bond motifs is 1. The highest BCUT2D eigenvalue weighted by Crippen LogP contribution is 2.18. The van der Waals surface area contributed by atoms with Crippen LogP contribution in [0, 0.1) is 0 Å². The Morgan fingerprint density at radius 2 is 1.48 bits per heavy atom. The molecule has 0 fully saturated rings. The van der Waals surface area contributed by atoms with Gasteiger partial charge in [0.05, 0.1) is 6.54 Å². The zero-order chi connectivity index (χ0) is 16.1. The highest BCUT2D eigenvalue weighted by atomic mass is 16.2. The third-order valence-electron chi connectivity index (χ3n) is 3.48. The normalized spacial score (nSPS) is 10.3. The van der Waals surface area contributed by atoms with Crippen molar-refractivity contribution in [2.75, 3.05) is 11.9 Å². The van der Waals surface area contributed by atoms with Gasteiger partial charge in [0.25, 0.3) is 5.91 Å². The lowest BCUT2D eigenvalue weighted by Gasteiger charge is -2.08. The first-order valence-electron chi connectivity index (χ1n) is 7.34. The van der Waals surface area contributed by atoms with Crippen LogP contribution < -0.4 is 10.6 Å². The molecule has 4 nitrogen and oxygen atoms in total. The number of anilines is 1. The summed E-state index contributed by atoms with van der Waals surface area (Å²) < 4.78 is 0. The van der Waals surface area contributed by atoms with Crippen LogP contribution >= 0.6 is 0 Å². The van der Waals surface area contributed by atoms with Crippen LogP contribution in [-0.2, 0) is 4.79 Å². The van der Waals surface area contributed by atoms with Gasteiger partial charge in [0.2, 0.25) is 5.91 Å². The van der Waals surface area contributed by atoms with Crippen LogP contribution in [0.2, 0.25) is 0 Å². The van der Waals surface area contributed by atoms with Crippen LogP contribution in [-0.4, -0.2) is 18.4 Å². The maximum absolute atomic E-state index is 12.0. The van der Waals surface area contributed by atoms with E-state index in [1.807, 2.05) is 48.5 Å². The predicted molar refractivity (Wildman–Crippen MR) is 91.4 cm³/mol. The molecule has 4 heteroatoms. The predicted octanol–water partition coefficient (Wildman–Crippen LogP) is 3.21. The highest BCUT2D eigenvalue weighted by molar-refractivity contribution is 6.00. The second-order valence-corrected chi connectivity index (χ2v) is 5.16. The fraction of sp³-hybridized carbons (Fsp3) is 0.0526. The largest absolute Gasteiger partial charge is 0.343 e. The van der Waals surface area contributed by atoms with Gasteiger partial charge in [-0.3, -0.25) is 9.59 Å². The molecule has 0 saturated carbocycles. The average molecular weight is 304 g/mol. The maximum atomic E-state index is 12.0. The van der Waals surface area contributed by atoms with Crippen molar-refractivity contribution in [3.8, 4) is 0 Å². The fourth-order valence-corrected chi connectivity index (χ4v) is 2.32. The van der Waals surface area contributed by atoms with E-state index >= 15 is 0 Å². The summed E-state index contributed by atoms with van der Waals surface area (Å²) in [5.41, 5.74) is 1.24. The van der Waals surface area contributed by atoms with Crippen molar-refractivity contribution in [1.82, 2.24) is 5.32 Å². The van der Waals surface area contributed by atoms with E-state index in [4.69, 9.17) is 0 Å². The smallest absolute Gasteiger partial charge is 0.251 e. The van der Waals surface area contributed by atoms with Gasteiger partial charge in [-0.05, 0) is 35.0 Å². The van der Waals surface area contributed by atoms with Crippen LogP contribution in [0.4, 0.5) is 5.69 Å². The monoisotopic (exact) mass is 304 g/mol. The average Bonchev–Trinajstić information content (AvgIpc) is 2.60. The van der Waals surface area contributed by atoms with E-state index in [9.17, 15) is 9.59 Å². The van der Waals surface area contributed by atoms with Crippen molar-refractivity contribution < 1.29 is 9.59 Å². The Hall–Kier alpha value is -3.14. The summed E-state index contributed by atoms with van der Waals surface area (Å²) in [4.78, 5) is 23.8. The quantitative estimate of drug-likeness (QED) is 0.777. The van der Waals surface area contributed by atoms with E-state index in [0.29, 0.717) is 11.3 Å². The number of amides is 2. The van der Waals surface area contributed by atoms with Gasteiger partial charge in [0, 0.05) is 11.3 Å². The Morgan fingerprint density at radius 3 is 2.26 bits per heavy atom. The zero-order valence-electron chi connectivity index (χ0n) is 12.5. The van der Waals surface area contributed by atoms with Crippen LogP contribution in [0.15, 0.2) is 72.8 Å². The number of nitrogens with one attached hydrogen (secondary N) is 2. The number of benzene rings is 3. The highest BCUT2D eigenvalue weighted by Gasteiger charge is 2.07. The van der Waals surface area contributed by atoms with E-state index < -0.39 is 0 Å². The second-order valence-electron chi connectivity index (χ2n) is 5.16. The molecule has 0 aliphatic carbocycles. The summed E-state index contributed by atoms with van der Waals surface area (Å²) in [6.45, 7) is -0.0689. The molecule has 0 unspecified atom stereocenters. The minimum absolute atomic E-state index is 0.0689. The lowest BCUT2D eigenvalue weighted by atomic mass is 10.1. The zero-order valence-corrected chi connectivity index (χ0v) is 12.5. The van der Waals surface area contributed by atoms with Gasteiger partial charge in [0.1, 0.15) is 0 Å². The standard InChI is InChI=1S/C19H16N2O2/c22-18(13-20-19(23)15-7-2-1-3-8-15)21-17-11-10-14-6-4-5-9-16(14)12-17/h1-12H,13H2,(H,20,23)(H,21,22). The Labute approximate surface area is 134 Å². The summed E-state index contributed by atoms with van der Waals surface area (Å²) in [6.07, 6.45) is 0. The summed E-state index contributed by atoms with van der Waals surface area (Å²) in [7, 11) is 0. The molecule has 23 heavy (non-hydrogen) atoms. The third kappa shape index (κ3) is 3.74. The Bertz CT molecular complexity index is 844. The van der Waals surface area contributed by atoms with Gasteiger partial charge in [-0.15, -0.1) is 0 Å². The topological polar surface area (TPSA) is 58.2 Å². The molecule has 0 saturated heterocycles. The third-order valence-corrected chi connectivity index (χ3v) is 3.48. The van der Waals surface area contributed by atoms with Gasteiger partial charge in [-0.25, -0.2) is 0 Å². The Morgan fingerprint density at radius 1 is 0.783 bits per heavy atom. The van der Waals surface area contributed by atoms with E-state index in [2.05, 4.69) is 10.6 Å². The Kier molecular flexibility index (Phi) is 4.34. The molecule has 0 aromatic heterocycles. The molecule has 2 N–H and O–H groups in total. The molecule has 0 heterocycles. The summed E-state index contributed by atoms with van der Waals surface area (Å²) in [5, 5.41) is 7.56. The van der Waals surface area contributed by atoms with E-state index in [1.54, 1.807) is 24.3 Å². The van der Waals surface area contributed by atoms with Crippen molar-refractivity contribution in [1.29, 1.82) is 0 Å². The van der Waals surface area contributed by atoms with Crippen molar-refractivity contribution in [3.63, 3.8) is 0 Å². The van der Waals surface area contributed by atoms with Gasteiger partial charge in [-0.2, -0.15) is 0 Å². The molecule has 0 bridgehead atoms. The first kappa shape index (κ1) is 14.8. The van der Waals surface area contributed by atoms with Crippen LogP contribution in [0.25, 0.3) is 10.8 Å². The number of hydrogen-bond donors (Lipinski definition) is 2. The SMILES string of the molecule is O=C(CNC(=O)c1ccccc1)Nc1ccc2ccccc2c1. The van der Waals surface area contributed by atoms with Crippen LogP contribution in [0.5, 0.6) is 0 Å². The molecular formula is C19H16N2O2.